The summed E-state index contributed by atoms with van der Waals surface area (Å²) in [6.45, 7) is 7.92. The van der Waals surface area contributed by atoms with Gasteiger partial charge in [-0.2, -0.15) is 0 Å². The molecule has 1 amide bonds. The van der Waals surface area contributed by atoms with Crippen LogP contribution in [-0.4, -0.2) is 40.4 Å². The summed E-state index contributed by atoms with van der Waals surface area (Å²) >= 11 is 0. The van der Waals surface area contributed by atoms with Gasteiger partial charge in [-0.05, 0) is 43.6 Å². The van der Waals surface area contributed by atoms with Crippen LogP contribution in [0.15, 0.2) is 41.5 Å². The van der Waals surface area contributed by atoms with E-state index in [-0.39, 0.29) is 11.5 Å². The maximum atomic E-state index is 12.2. The summed E-state index contributed by atoms with van der Waals surface area (Å²) in [5.41, 5.74) is 2.34. The molecule has 2 aromatic rings. The van der Waals surface area contributed by atoms with Gasteiger partial charge in [0.1, 0.15) is 0 Å². The number of aromatic amines is 1. The van der Waals surface area contributed by atoms with Gasteiger partial charge in [0.05, 0.1) is 6.33 Å². The number of carbonyl (C=O) groups excluding carboxylic acids is 1. The zero-order chi connectivity index (χ0) is 18.8. The predicted octanol–water partition coefficient (Wildman–Crippen LogP) is 2.36. The SMILES string of the molecule is CCCN(CCC)Cc1ccc(C(=O)NCCc2cc(=O)[nH]cn2)cc1. The number of hydrogen-bond donors (Lipinski definition) is 2. The lowest BCUT2D eigenvalue weighted by molar-refractivity contribution is 0.0954. The van der Waals surface area contributed by atoms with Gasteiger partial charge >= 0.3 is 0 Å². The maximum Gasteiger partial charge on any atom is 0.251 e. The van der Waals surface area contributed by atoms with Crippen LogP contribution in [0, 0.1) is 0 Å². The number of rotatable bonds is 10. The number of H-pyrrole nitrogens is 1. The molecule has 0 aliphatic carbocycles. The smallest absolute Gasteiger partial charge is 0.251 e. The molecule has 2 rings (SSSR count). The fraction of sp³-hybridized carbons (Fsp3) is 0.450. The van der Waals surface area contributed by atoms with E-state index in [4.69, 9.17) is 0 Å². The highest BCUT2D eigenvalue weighted by Gasteiger charge is 2.07. The van der Waals surface area contributed by atoms with Crippen molar-refractivity contribution >= 4 is 5.91 Å². The molecule has 1 aromatic carbocycles. The van der Waals surface area contributed by atoms with E-state index in [0.717, 1.165) is 32.5 Å². The Bertz CT molecular complexity index is 734. The predicted molar refractivity (Wildman–Crippen MR) is 103 cm³/mol. The number of carbonyl (C=O) groups is 1. The molecular formula is C20H28N4O2. The van der Waals surface area contributed by atoms with Crippen molar-refractivity contribution in [1.82, 2.24) is 20.2 Å². The second kappa shape index (κ2) is 10.5. The third kappa shape index (κ3) is 6.44. The zero-order valence-corrected chi connectivity index (χ0v) is 15.6. The molecular weight excluding hydrogens is 328 g/mol. The lowest BCUT2D eigenvalue weighted by Crippen LogP contribution is -2.26. The molecule has 0 aliphatic rings. The fourth-order valence-corrected chi connectivity index (χ4v) is 2.87. The fourth-order valence-electron chi connectivity index (χ4n) is 2.87. The average molecular weight is 356 g/mol. The average Bonchev–Trinajstić information content (AvgIpc) is 2.63. The van der Waals surface area contributed by atoms with Gasteiger partial charge in [-0.1, -0.05) is 26.0 Å². The summed E-state index contributed by atoms with van der Waals surface area (Å²) < 4.78 is 0. The Labute approximate surface area is 154 Å². The van der Waals surface area contributed by atoms with Crippen LogP contribution < -0.4 is 10.9 Å². The third-order valence-corrected chi connectivity index (χ3v) is 4.10. The minimum Gasteiger partial charge on any atom is -0.352 e. The Morgan fingerprint density at radius 1 is 1.15 bits per heavy atom. The first-order valence-electron chi connectivity index (χ1n) is 9.25. The van der Waals surface area contributed by atoms with Crippen LogP contribution in [0.2, 0.25) is 0 Å². The largest absolute Gasteiger partial charge is 0.352 e. The Morgan fingerprint density at radius 3 is 2.46 bits per heavy atom. The van der Waals surface area contributed by atoms with E-state index in [1.807, 2.05) is 24.3 Å². The molecule has 1 heterocycles. The number of nitrogens with one attached hydrogen (secondary N) is 2. The van der Waals surface area contributed by atoms with E-state index < -0.39 is 0 Å². The van der Waals surface area contributed by atoms with Gasteiger partial charge < -0.3 is 10.3 Å². The number of nitrogens with zero attached hydrogens (tertiary/aromatic N) is 2. The molecule has 0 fully saturated rings. The van der Waals surface area contributed by atoms with Crippen LogP contribution in [0.1, 0.15) is 48.3 Å². The van der Waals surface area contributed by atoms with Crippen LogP contribution in [-0.2, 0) is 13.0 Å². The van der Waals surface area contributed by atoms with Gasteiger partial charge in [0.2, 0.25) is 0 Å². The first kappa shape index (κ1) is 19.8. The van der Waals surface area contributed by atoms with Crippen molar-refractivity contribution in [3.63, 3.8) is 0 Å². The van der Waals surface area contributed by atoms with Crippen molar-refractivity contribution in [1.29, 1.82) is 0 Å². The Hall–Kier alpha value is -2.47. The monoisotopic (exact) mass is 356 g/mol. The summed E-state index contributed by atoms with van der Waals surface area (Å²) in [5, 5.41) is 2.87. The number of aromatic nitrogens is 2. The molecule has 0 aliphatic heterocycles. The van der Waals surface area contributed by atoms with Gasteiger partial charge in [0, 0.05) is 36.8 Å². The second-order valence-corrected chi connectivity index (χ2v) is 6.38. The molecule has 1 aromatic heterocycles. The molecule has 140 valence electrons. The molecule has 0 unspecified atom stereocenters. The molecule has 6 nitrogen and oxygen atoms in total. The molecule has 0 atom stereocenters. The Morgan fingerprint density at radius 2 is 1.85 bits per heavy atom. The van der Waals surface area contributed by atoms with Crippen molar-refractivity contribution < 1.29 is 4.79 Å². The van der Waals surface area contributed by atoms with E-state index in [1.165, 1.54) is 18.0 Å². The van der Waals surface area contributed by atoms with Gasteiger partial charge in [-0.3, -0.25) is 14.5 Å². The summed E-state index contributed by atoms with van der Waals surface area (Å²) in [4.78, 5) is 32.4. The van der Waals surface area contributed by atoms with Crippen molar-refractivity contribution in [2.75, 3.05) is 19.6 Å². The number of benzene rings is 1. The normalized spacial score (nSPS) is 10.9. The lowest BCUT2D eigenvalue weighted by atomic mass is 10.1. The molecule has 0 radical (unpaired) electrons. The van der Waals surface area contributed by atoms with E-state index in [1.54, 1.807) is 0 Å². The maximum absolute atomic E-state index is 12.2. The quantitative estimate of drug-likeness (QED) is 0.685. The third-order valence-electron chi connectivity index (χ3n) is 4.10. The topological polar surface area (TPSA) is 78.1 Å². The zero-order valence-electron chi connectivity index (χ0n) is 15.6. The minimum atomic E-state index is -0.183. The summed E-state index contributed by atoms with van der Waals surface area (Å²) in [5.74, 6) is -0.111. The molecule has 0 bridgehead atoms. The first-order chi connectivity index (χ1) is 12.6. The number of hydrogen-bond acceptors (Lipinski definition) is 4. The molecule has 2 N–H and O–H groups in total. The van der Waals surface area contributed by atoms with E-state index in [0.29, 0.717) is 24.2 Å². The van der Waals surface area contributed by atoms with Crippen LogP contribution in [0.3, 0.4) is 0 Å². The van der Waals surface area contributed by atoms with Gasteiger partial charge in [0.25, 0.3) is 11.5 Å². The summed E-state index contributed by atoms with van der Waals surface area (Å²) in [6.07, 6.45) is 4.18. The summed E-state index contributed by atoms with van der Waals surface area (Å²) in [7, 11) is 0. The molecule has 26 heavy (non-hydrogen) atoms. The van der Waals surface area contributed by atoms with Crippen LogP contribution in [0.4, 0.5) is 0 Å². The van der Waals surface area contributed by atoms with E-state index >= 15 is 0 Å². The summed E-state index contributed by atoms with van der Waals surface area (Å²) in [6, 6.07) is 9.22. The van der Waals surface area contributed by atoms with Crippen molar-refractivity contribution in [2.45, 2.75) is 39.7 Å². The highest BCUT2D eigenvalue weighted by atomic mass is 16.1. The highest BCUT2D eigenvalue weighted by molar-refractivity contribution is 5.94. The van der Waals surface area contributed by atoms with Crippen molar-refractivity contribution in [2.24, 2.45) is 0 Å². The van der Waals surface area contributed by atoms with Crippen LogP contribution in [0.25, 0.3) is 0 Å². The van der Waals surface area contributed by atoms with Crippen LogP contribution >= 0.6 is 0 Å². The van der Waals surface area contributed by atoms with E-state index in [9.17, 15) is 9.59 Å². The number of amides is 1. The first-order valence-corrected chi connectivity index (χ1v) is 9.25. The molecule has 0 spiro atoms. The Balaban J connectivity index is 1.84. The van der Waals surface area contributed by atoms with Crippen LogP contribution in [0.5, 0.6) is 0 Å². The molecule has 0 saturated carbocycles. The highest BCUT2D eigenvalue weighted by Crippen LogP contribution is 2.09. The lowest BCUT2D eigenvalue weighted by Gasteiger charge is -2.21. The second-order valence-electron chi connectivity index (χ2n) is 6.38. The van der Waals surface area contributed by atoms with Crippen molar-refractivity contribution in [3.05, 3.63) is 63.8 Å². The standard InChI is InChI=1S/C20H28N4O2/c1-3-11-24(12-4-2)14-16-5-7-17(8-6-16)20(26)21-10-9-18-13-19(25)23-15-22-18/h5-8,13,15H,3-4,9-12,14H2,1-2H3,(H,21,26)(H,22,23,25). The van der Waals surface area contributed by atoms with Crippen molar-refractivity contribution in [3.8, 4) is 0 Å². The Kier molecular flexibility index (Phi) is 8.02. The minimum absolute atomic E-state index is 0.111. The van der Waals surface area contributed by atoms with Gasteiger partial charge in [-0.25, -0.2) is 4.98 Å². The van der Waals surface area contributed by atoms with Gasteiger partial charge in [-0.15, -0.1) is 0 Å². The molecule has 6 heteroatoms. The molecule has 0 saturated heterocycles. The van der Waals surface area contributed by atoms with E-state index in [2.05, 4.69) is 34.0 Å². The van der Waals surface area contributed by atoms with Gasteiger partial charge in [0.15, 0.2) is 0 Å².